The van der Waals surface area contributed by atoms with Gasteiger partial charge >= 0.3 is 14.8 Å². The number of unbranched alkanes of at least 4 members (excludes halogenated alkanes) is 1. The third-order valence-electron chi connectivity index (χ3n) is 2.25. The van der Waals surface area contributed by atoms with Crippen molar-refractivity contribution in [2.24, 2.45) is 0 Å². The fourth-order valence-electron chi connectivity index (χ4n) is 1.32. The van der Waals surface area contributed by atoms with Crippen LogP contribution in [0.2, 0.25) is 6.04 Å². The molecule has 0 spiro atoms. The van der Waals surface area contributed by atoms with Gasteiger partial charge in [0, 0.05) is 26.3 Å². The first-order valence-corrected chi connectivity index (χ1v) is 7.58. The summed E-state index contributed by atoms with van der Waals surface area (Å²) in [6, 6.07) is 0.701. The Labute approximate surface area is 104 Å². The van der Waals surface area contributed by atoms with Crippen LogP contribution in [0.1, 0.15) is 26.7 Å². The maximum atomic E-state index is 11.0. The van der Waals surface area contributed by atoms with Crippen LogP contribution in [0.3, 0.4) is 0 Å². The predicted molar refractivity (Wildman–Crippen MR) is 66.3 cm³/mol. The van der Waals surface area contributed by atoms with E-state index in [1.54, 1.807) is 21.1 Å². The van der Waals surface area contributed by atoms with E-state index >= 15 is 0 Å². The number of ether oxygens (including phenoxy) is 1. The molecule has 5 nitrogen and oxygen atoms in total. The molecule has 0 fully saturated rings. The highest BCUT2D eigenvalue weighted by Gasteiger charge is 2.40. The quantitative estimate of drug-likeness (QED) is 0.276. The van der Waals surface area contributed by atoms with Crippen LogP contribution in [0.4, 0.5) is 0 Å². The summed E-state index contributed by atoms with van der Waals surface area (Å²) >= 11 is 0. The van der Waals surface area contributed by atoms with Crippen LogP contribution in [0.5, 0.6) is 0 Å². The monoisotopic (exact) mass is 262 g/mol. The minimum Gasteiger partial charge on any atom is -0.434 e. The number of esters is 1. The highest BCUT2D eigenvalue weighted by Crippen LogP contribution is 2.19. The normalized spacial score (nSPS) is 13.2. The Bertz CT molecular complexity index is 240. The SMILES string of the molecule is C=CC(=O)OC(C)O[Si](CCCC)(OC)OC. The Balaban J connectivity index is 4.40. The summed E-state index contributed by atoms with van der Waals surface area (Å²) in [5, 5.41) is 0. The molecule has 1 unspecified atom stereocenters. The molecule has 0 aliphatic carbocycles. The summed E-state index contributed by atoms with van der Waals surface area (Å²) in [6.07, 6.45) is 2.35. The Hall–Kier alpha value is -0.693. The third-order valence-corrected chi connectivity index (χ3v) is 5.15. The van der Waals surface area contributed by atoms with E-state index in [-0.39, 0.29) is 0 Å². The zero-order chi connectivity index (χ0) is 13.3. The predicted octanol–water partition coefficient (Wildman–Crippen LogP) is 2.11. The lowest BCUT2D eigenvalue weighted by molar-refractivity contribution is -0.160. The standard InChI is InChI=1S/C11H22O5Si/c1-6-8-9-17(13-4,14-5)16-10(3)15-11(12)7-2/h7,10H,2,6,8-9H2,1,3-5H3. The van der Waals surface area contributed by atoms with E-state index in [1.165, 1.54) is 0 Å². The van der Waals surface area contributed by atoms with Gasteiger partial charge in [-0.3, -0.25) is 0 Å². The van der Waals surface area contributed by atoms with Crippen molar-refractivity contribution in [3.63, 3.8) is 0 Å². The van der Waals surface area contributed by atoms with Gasteiger partial charge in [0.25, 0.3) is 0 Å². The molecule has 6 heteroatoms. The van der Waals surface area contributed by atoms with Gasteiger partial charge in [0.15, 0.2) is 6.29 Å². The van der Waals surface area contributed by atoms with Gasteiger partial charge in [0.2, 0.25) is 0 Å². The Morgan fingerprint density at radius 1 is 1.41 bits per heavy atom. The van der Waals surface area contributed by atoms with Gasteiger partial charge in [-0.05, 0) is 13.3 Å². The zero-order valence-electron chi connectivity index (χ0n) is 11.0. The van der Waals surface area contributed by atoms with Gasteiger partial charge in [-0.25, -0.2) is 4.79 Å². The van der Waals surface area contributed by atoms with Crippen molar-refractivity contribution in [2.75, 3.05) is 14.2 Å². The molecule has 0 rings (SSSR count). The second-order valence-electron chi connectivity index (χ2n) is 3.52. The number of rotatable bonds is 9. The van der Waals surface area contributed by atoms with Crippen LogP contribution >= 0.6 is 0 Å². The lowest BCUT2D eigenvalue weighted by atomic mass is 10.4. The van der Waals surface area contributed by atoms with Gasteiger partial charge in [-0.1, -0.05) is 19.9 Å². The van der Waals surface area contributed by atoms with Gasteiger partial charge in [0.05, 0.1) is 0 Å². The molecule has 0 radical (unpaired) electrons. The van der Waals surface area contributed by atoms with Crippen molar-refractivity contribution in [1.82, 2.24) is 0 Å². The van der Waals surface area contributed by atoms with Crippen LogP contribution in [-0.2, 0) is 22.8 Å². The summed E-state index contributed by atoms with van der Waals surface area (Å²) < 4.78 is 21.3. The second kappa shape index (κ2) is 8.41. The molecular formula is C11H22O5Si. The van der Waals surface area contributed by atoms with Crippen molar-refractivity contribution in [2.45, 2.75) is 39.0 Å². The molecule has 0 aromatic rings. The number of carbonyl (C=O) groups excluding carboxylic acids is 1. The Morgan fingerprint density at radius 2 is 2.00 bits per heavy atom. The molecule has 17 heavy (non-hydrogen) atoms. The van der Waals surface area contributed by atoms with Gasteiger partial charge in [0.1, 0.15) is 0 Å². The number of carbonyl (C=O) groups is 1. The molecule has 0 amide bonds. The highest BCUT2D eigenvalue weighted by molar-refractivity contribution is 6.60. The van der Waals surface area contributed by atoms with Gasteiger partial charge in [-0.15, -0.1) is 0 Å². The van der Waals surface area contributed by atoms with Crippen LogP contribution in [0.25, 0.3) is 0 Å². The number of hydrogen-bond donors (Lipinski definition) is 0. The summed E-state index contributed by atoms with van der Waals surface area (Å²) in [5.74, 6) is -0.525. The van der Waals surface area contributed by atoms with E-state index in [0.29, 0.717) is 6.04 Å². The lowest BCUT2D eigenvalue weighted by Gasteiger charge is -2.29. The van der Waals surface area contributed by atoms with E-state index in [2.05, 4.69) is 13.5 Å². The first kappa shape index (κ1) is 16.3. The Morgan fingerprint density at radius 3 is 2.41 bits per heavy atom. The molecule has 0 aliphatic heterocycles. The first-order chi connectivity index (χ1) is 8.03. The summed E-state index contributed by atoms with van der Waals surface area (Å²) in [7, 11) is 0.379. The van der Waals surface area contributed by atoms with E-state index in [4.69, 9.17) is 18.0 Å². The van der Waals surface area contributed by atoms with Crippen molar-refractivity contribution >= 4 is 14.8 Å². The molecule has 0 aromatic carbocycles. The van der Waals surface area contributed by atoms with Crippen molar-refractivity contribution in [3.8, 4) is 0 Å². The van der Waals surface area contributed by atoms with E-state index in [9.17, 15) is 4.79 Å². The average Bonchev–Trinajstić information content (AvgIpc) is 2.34. The molecule has 1 atom stereocenters. The smallest absolute Gasteiger partial charge is 0.434 e. The van der Waals surface area contributed by atoms with Crippen LogP contribution in [0.15, 0.2) is 12.7 Å². The molecule has 100 valence electrons. The third kappa shape index (κ3) is 5.97. The molecule has 0 bridgehead atoms. The molecule has 0 heterocycles. The van der Waals surface area contributed by atoms with Gasteiger partial charge in [-0.2, -0.15) is 0 Å². The average molecular weight is 262 g/mol. The molecule has 0 saturated heterocycles. The maximum Gasteiger partial charge on any atom is 0.503 e. The van der Waals surface area contributed by atoms with Crippen molar-refractivity contribution < 1.29 is 22.8 Å². The summed E-state index contributed by atoms with van der Waals surface area (Å²) in [5.41, 5.74) is 0. The fourth-order valence-corrected chi connectivity index (χ4v) is 3.55. The number of hydrogen-bond acceptors (Lipinski definition) is 5. The lowest BCUT2D eigenvalue weighted by Crippen LogP contribution is -2.46. The molecule has 0 N–H and O–H groups in total. The maximum absolute atomic E-state index is 11.0. The molecule has 0 aromatic heterocycles. The second-order valence-corrected chi connectivity index (χ2v) is 6.44. The Kier molecular flexibility index (Phi) is 8.06. The van der Waals surface area contributed by atoms with E-state index in [1.807, 2.05) is 0 Å². The molecule has 0 aliphatic rings. The van der Waals surface area contributed by atoms with Crippen molar-refractivity contribution in [3.05, 3.63) is 12.7 Å². The van der Waals surface area contributed by atoms with E-state index < -0.39 is 21.1 Å². The van der Waals surface area contributed by atoms with E-state index in [0.717, 1.165) is 18.9 Å². The van der Waals surface area contributed by atoms with Crippen LogP contribution in [-0.4, -0.2) is 35.3 Å². The van der Waals surface area contributed by atoms with Crippen molar-refractivity contribution in [1.29, 1.82) is 0 Å². The van der Waals surface area contributed by atoms with Gasteiger partial charge < -0.3 is 18.0 Å². The van der Waals surface area contributed by atoms with Crippen LogP contribution in [0, 0.1) is 0 Å². The fraction of sp³-hybridized carbons (Fsp3) is 0.727. The zero-order valence-corrected chi connectivity index (χ0v) is 12.0. The minimum atomic E-state index is -2.72. The first-order valence-electron chi connectivity index (χ1n) is 5.64. The topological polar surface area (TPSA) is 54.0 Å². The molecular weight excluding hydrogens is 240 g/mol. The highest BCUT2D eigenvalue weighted by atomic mass is 28.4. The largest absolute Gasteiger partial charge is 0.503 e. The summed E-state index contributed by atoms with van der Waals surface area (Å²) in [6.45, 7) is 7.03. The minimum absolute atomic E-state index is 0.525. The molecule has 0 saturated carbocycles. The summed E-state index contributed by atoms with van der Waals surface area (Å²) in [4.78, 5) is 11.0. The van der Waals surface area contributed by atoms with Crippen LogP contribution < -0.4 is 0 Å².